The van der Waals surface area contributed by atoms with Crippen molar-refractivity contribution in [2.24, 2.45) is 5.92 Å². The van der Waals surface area contributed by atoms with Gasteiger partial charge in [-0.3, -0.25) is 9.59 Å². The predicted octanol–water partition coefficient (Wildman–Crippen LogP) is 3.58. The predicted molar refractivity (Wildman–Crippen MR) is 131 cm³/mol. The molecule has 2 amide bonds. The fraction of sp³-hybridized carbons (Fsp3) is 0.370. The summed E-state index contributed by atoms with van der Waals surface area (Å²) in [4.78, 5) is 29.3. The fourth-order valence-electron chi connectivity index (χ4n) is 4.72. The third-order valence-electron chi connectivity index (χ3n) is 6.74. The van der Waals surface area contributed by atoms with Crippen LogP contribution < -0.4 is 0 Å². The Balaban J connectivity index is 1.42. The minimum absolute atomic E-state index is 0.0130. The molecule has 0 aliphatic carbocycles. The minimum atomic E-state index is -0.281. The number of para-hydroxylation sites is 1. The number of rotatable bonds is 8. The van der Waals surface area contributed by atoms with Crippen molar-refractivity contribution in [3.63, 3.8) is 0 Å². The maximum absolute atomic E-state index is 13.4. The number of halogens is 1. The first-order chi connectivity index (χ1) is 17.0. The van der Waals surface area contributed by atoms with Crippen LogP contribution in [0.1, 0.15) is 28.8 Å². The van der Waals surface area contributed by atoms with Gasteiger partial charge in [0.1, 0.15) is 12.4 Å². The van der Waals surface area contributed by atoms with Crippen LogP contribution in [-0.4, -0.2) is 71.3 Å². The van der Waals surface area contributed by atoms with Crippen LogP contribution in [0.3, 0.4) is 0 Å². The van der Waals surface area contributed by atoms with Crippen molar-refractivity contribution in [1.82, 2.24) is 19.6 Å². The number of likely N-dealkylation sites (tertiary alicyclic amines) is 1. The Labute approximate surface area is 205 Å². The van der Waals surface area contributed by atoms with E-state index in [1.54, 1.807) is 41.2 Å². The van der Waals surface area contributed by atoms with E-state index in [2.05, 4.69) is 5.10 Å². The number of hydrogen-bond donors (Lipinski definition) is 0. The number of amides is 2. The van der Waals surface area contributed by atoms with Gasteiger partial charge in [-0.2, -0.15) is 5.10 Å². The Morgan fingerprint density at radius 1 is 1.11 bits per heavy atom. The first kappa shape index (κ1) is 24.6. The molecule has 35 heavy (non-hydrogen) atoms. The molecule has 0 saturated carbocycles. The second-order valence-electron chi connectivity index (χ2n) is 8.97. The van der Waals surface area contributed by atoms with Crippen molar-refractivity contribution in [2.75, 3.05) is 33.9 Å². The second-order valence-corrected chi connectivity index (χ2v) is 8.97. The van der Waals surface area contributed by atoms with Crippen LogP contribution in [-0.2, 0) is 16.0 Å². The average molecular weight is 479 g/mol. The zero-order valence-electron chi connectivity index (χ0n) is 20.1. The Morgan fingerprint density at radius 2 is 1.80 bits per heavy atom. The van der Waals surface area contributed by atoms with Crippen molar-refractivity contribution >= 4 is 11.8 Å². The van der Waals surface area contributed by atoms with E-state index in [-0.39, 0.29) is 36.2 Å². The van der Waals surface area contributed by atoms with Crippen molar-refractivity contribution < 1.29 is 18.7 Å². The third-order valence-corrected chi connectivity index (χ3v) is 6.74. The molecule has 2 aromatic carbocycles. The number of hydrogen-bond acceptors (Lipinski definition) is 4. The van der Waals surface area contributed by atoms with Crippen molar-refractivity contribution in [3.8, 4) is 5.69 Å². The van der Waals surface area contributed by atoms with Crippen LogP contribution in [0, 0.1) is 11.7 Å². The zero-order valence-corrected chi connectivity index (χ0v) is 20.1. The van der Waals surface area contributed by atoms with E-state index in [9.17, 15) is 14.0 Å². The average Bonchev–Trinajstić information content (AvgIpc) is 3.39. The van der Waals surface area contributed by atoms with Crippen LogP contribution in [0.25, 0.3) is 5.69 Å². The summed E-state index contributed by atoms with van der Waals surface area (Å²) in [6.07, 6.45) is 5.53. The summed E-state index contributed by atoms with van der Waals surface area (Å²) in [5.41, 5.74) is 2.43. The highest BCUT2D eigenvalue weighted by molar-refractivity contribution is 5.93. The lowest BCUT2D eigenvalue weighted by molar-refractivity contribution is -0.137. The van der Waals surface area contributed by atoms with E-state index in [1.165, 1.54) is 19.2 Å². The van der Waals surface area contributed by atoms with Gasteiger partial charge in [-0.05, 0) is 55.0 Å². The van der Waals surface area contributed by atoms with Gasteiger partial charge in [0.15, 0.2) is 0 Å². The van der Waals surface area contributed by atoms with E-state index in [0.717, 1.165) is 24.1 Å². The number of aromatic nitrogens is 2. The van der Waals surface area contributed by atoms with Crippen LogP contribution in [0.5, 0.6) is 0 Å². The molecule has 184 valence electrons. The first-order valence-corrected chi connectivity index (χ1v) is 11.8. The Morgan fingerprint density at radius 3 is 2.46 bits per heavy atom. The van der Waals surface area contributed by atoms with Gasteiger partial charge in [0.2, 0.25) is 5.91 Å². The molecule has 0 bridgehead atoms. The molecule has 1 atom stereocenters. The molecule has 1 fully saturated rings. The van der Waals surface area contributed by atoms with Crippen LogP contribution in [0.4, 0.5) is 4.39 Å². The first-order valence-electron chi connectivity index (χ1n) is 11.8. The molecule has 0 spiro atoms. The largest absolute Gasteiger partial charge is 0.375 e. The maximum Gasteiger partial charge on any atom is 0.257 e. The number of carbonyl (C=O) groups excluding carboxylic acids is 2. The molecule has 1 aliphatic heterocycles. The van der Waals surface area contributed by atoms with Crippen molar-refractivity contribution in [1.29, 1.82) is 0 Å². The highest BCUT2D eigenvalue weighted by atomic mass is 19.1. The molecular formula is C27H31FN4O3. The normalized spacial score (nSPS) is 15.1. The van der Waals surface area contributed by atoms with E-state index < -0.39 is 0 Å². The van der Waals surface area contributed by atoms with Crippen LogP contribution in [0.2, 0.25) is 0 Å². The van der Waals surface area contributed by atoms with Crippen molar-refractivity contribution in [3.05, 3.63) is 83.9 Å². The smallest absolute Gasteiger partial charge is 0.257 e. The summed E-state index contributed by atoms with van der Waals surface area (Å²) in [7, 11) is 3.30. The number of methoxy groups -OCH3 is 1. The lowest BCUT2D eigenvalue weighted by atomic mass is 9.84. The molecule has 2 heterocycles. The van der Waals surface area contributed by atoms with Gasteiger partial charge in [0.05, 0.1) is 17.4 Å². The summed E-state index contributed by atoms with van der Waals surface area (Å²) in [5, 5.41) is 4.35. The topological polar surface area (TPSA) is 67.7 Å². The van der Waals surface area contributed by atoms with Gasteiger partial charge < -0.3 is 14.5 Å². The molecular weight excluding hydrogens is 447 g/mol. The SMILES string of the molecule is COCC(=O)N(C)[C@H](Cc1ccc(F)cc1)C1CCN(C(=O)c2cnn(-c3ccccc3)c2)CC1. The Kier molecular flexibility index (Phi) is 7.92. The number of ether oxygens (including phenoxy) is 1. The molecule has 1 saturated heterocycles. The van der Waals surface area contributed by atoms with Gasteiger partial charge in [0, 0.05) is 39.5 Å². The van der Waals surface area contributed by atoms with E-state index in [1.807, 2.05) is 35.2 Å². The van der Waals surface area contributed by atoms with Crippen LogP contribution >= 0.6 is 0 Å². The lowest BCUT2D eigenvalue weighted by Crippen LogP contribution is -2.49. The lowest BCUT2D eigenvalue weighted by Gasteiger charge is -2.40. The molecule has 8 heteroatoms. The molecule has 0 unspecified atom stereocenters. The summed E-state index contributed by atoms with van der Waals surface area (Å²) in [5.74, 6) is -0.200. The molecule has 7 nitrogen and oxygen atoms in total. The summed E-state index contributed by atoms with van der Waals surface area (Å²) < 4.78 is 20.2. The number of nitrogens with zero attached hydrogens (tertiary/aromatic N) is 4. The number of likely N-dealkylation sites (N-methyl/N-ethyl adjacent to an activating group) is 1. The molecule has 0 radical (unpaired) electrons. The fourth-order valence-corrected chi connectivity index (χ4v) is 4.72. The molecule has 3 aromatic rings. The zero-order chi connectivity index (χ0) is 24.8. The van der Waals surface area contributed by atoms with Crippen LogP contribution in [0.15, 0.2) is 67.0 Å². The number of carbonyl (C=O) groups is 2. The van der Waals surface area contributed by atoms with Gasteiger partial charge in [-0.15, -0.1) is 0 Å². The minimum Gasteiger partial charge on any atom is -0.375 e. The Bertz CT molecular complexity index is 1120. The van der Waals surface area contributed by atoms with Gasteiger partial charge in [0.25, 0.3) is 5.91 Å². The molecule has 4 rings (SSSR count). The quantitative estimate of drug-likeness (QED) is 0.496. The van der Waals surface area contributed by atoms with E-state index >= 15 is 0 Å². The number of piperidine rings is 1. The highest BCUT2D eigenvalue weighted by Gasteiger charge is 2.33. The molecule has 0 N–H and O–H groups in total. The standard InChI is InChI=1S/C27H31FN4O3/c1-30(26(33)19-35-2)25(16-20-8-10-23(28)11-9-20)21-12-14-31(15-13-21)27(34)22-17-29-32(18-22)24-6-4-3-5-7-24/h3-11,17-18,21,25H,12-16,19H2,1-2H3/t25-/m1/s1. The Hall–Kier alpha value is -3.52. The van der Waals surface area contributed by atoms with Gasteiger partial charge in [-0.1, -0.05) is 30.3 Å². The monoisotopic (exact) mass is 478 g/mol. The summed E-state index contributed by atoms with van der Waals surface area (Å²) in [6.45, 7) is 1.22. The summed E-state index contributed by atoms with van der Waals surface area (Å²) in [6, 6.07) is 16.0. The van der Waals surface area contributed by atoms with Crippen molar-refractivity contribution in [2.45, 2.75) is 25.3 Å². The van der Waals surface area contributed by atoms with Gasteiger partial charge in [-0.25, -0.2) is 9.07 Å². The maximum atomic E-state index is 13.4. The van der Waals surface area contributed by atoms with Gasteiger partial charge >= 0.3 is 0 Å². The molecule has 1 aromatic heterocycles. The summed E-state index contributed by atoms with van der Waals surface area (Å²) >= 11 is 0. The second kappa shape index (κ2) is 11.3. The highest BCUT2D eigenvalue weighted by Crippen LogP contribution is 2.27. The number of benzene rings is 2. The third kappa shape index (κ3) is 5.95. The molecule has 1 aliphatic rings. The van der Waals surface area contributed by atoms with E-state index in [0.29, 0.717) is 25.1 Å². The van der Waals surface area contributed by atoms with E-state index in [4.69, 9.17) is 4.74 Å².